The molecule has 0 aliphatic heterocycles. The lowest BCUT2D eigenvalue weighted by Crippen LogP contribution is -2.38. The average molecular weight is 449 g/mol. The van der Waals surface area contributed by atoms with Gasteiger partial charge in [0.1, 0.15) is 11.5 Å². The highest BCUT2D eigenvalue weighted by atomic mass is 35.5. The molecular weight excluding hydrogens is 439 g/mol. The van der Waals surface area contributed by atoms with Gasteiger partial charge in [-0.05, 0) is 35.9 Å². The molecule has 0 radical (unpaired) electrons. The van der Waals surface area contributed by atoms with Gasteiger partial charge >= 0.3 is 12.1 Å². The van der Waals surface area contributed by atoms with Crippen molar-refractivity contribution in [3.05, 3.63) is 69.1 Å². The van der Waals surface area contributed by atoms with Crippen molar-refractivity contribution < 1.29 is 32.3 Å². The Kier molecular flexibility index (Phi) is 5.46. The molecule has 29 heavy (non-hydrogen) atoms. The standard InChI is InChI=1S/C18H10Cl2F4N2O3/c19-10-6-13-8(3-9(10)17(28)29)5-14(25-13)16(27)26-15(18(22,23)24)7-1-2-12(21)11(20)4-7/h1-6,15,25H,(H,26,27)(H,28,29). The third-order valence-electron chi connectivity index (χ3n) is 4.06. The van der Waals surface area contributed by atoms with Crippen LogP contribution in [0, 0.1) is 5.82 Å². The minimum atomic E-state index is -4.89. The van der Waals surface area contributed by atoms with E-state index in [1.54, 1.807) is 0 Å². The lowest BCUT2D eigenvalue weighted by Gasteiger charge is -2.22. The topological polar surface area (TPSA) is 82.2 Å². The molecular formula is C18H10Cl2F4N2O3. The van der Waals surface area contributed by atoms with E-state index in [0.717, 1.165) is 18.2 Å². The number of nitrogens with one attached hydrogen (secondary N) is 2. The number of carboxylic acid groups (broad SMARTS) is 1. The molecule has 3 aromatic rings. The van der Waals surface area contributed by atoms with Crippen molar-refractivity contribution in [3.63, 3.8) is 0 Å². The lowest BCUT2D eigenvalue weighted by molar-refractivity contribution is -0.155. The smallest absolute Gasteiger partial charge is 0.412 e. The number of aromatic nitrogens is 1. The number of carbonyl (C=O) groups is 2. The van der Waals surface area contributed by atoms with Crippen LogP contribution in [0.1, 0.15) is 32.5 Å². The zero-order valence-corrected chi connectivity index (χ0v) is 15.6. The molecule has 0 fully saturated rings. The summed E-state index contributed by atoms with van der Waals surface area (Å²) in [6.45, 7) is 0. The number of hydrogen-bond acceptors (Lipinski definition) is 2. The average Bonchev–Trinajstić information content (AvgIpc) is 3.03. The number of fused-ring (bicyclic) bond motifs is 1. The molecule has 1 heterocycles. The first-order valence-electron chi connectivity index (χ1n) is 7.85. The van der Waals surface area contributed by atoms with Gasteiger partial charge in [0.15, 0.2) is 6.04 Å². The number of aromatic carboxylic acids is 1. The van der Waals surface area contributed by atoms with Gasteiger partial charge in [0.2, 0.25) is 0 Å². The van der Waals surface area contributed by atoms with Crippen LogP contribution in [0.15, 0.2) is 36.4 Å². The second-order valence-corrected chi connectivity index (χ2v) is 6.84. The maximum atomic E-state index is 13.5. The van der Waals surface area contributed by atoms with Crippen LogP contribution in [-0.2, 0) is 0 Å². The number of aromatic amines is 1. The van der Waals surface area contributed by atoms with Crippen LogP contribution in [-0.4, -0.2) is 28.1 Å². The first-order valence-corrected chi connectivity index (χ1v) is 8.61. The van der Waals surface area contributed by atoms with Crippen LogP contribution in [0.4, 0.5) is 17.6 Å². The van der Waals surface area contributed by atoms with Gasteiger partial charge in [0, 0.05) is 10.9 Å². The van der Waals surface area contributed by atoms with Crippen molar-refractivity contribution in [1.29, 1.82) is 0 Å². The molecule has 1 amide bonds. The van der Waals surface area contributed by atoms with E-state index < -0.39 is 40.5 Å². The first-order chi connectivity index (χ1) is 13.5. The fourth-order valence-corrected chi connectivity index (χ4v) is 3.13. The Bertz CT molecular complexity index is 1130. The summed E-state index contributed by atoms with van der Waals surface area (Å²) in [5.41, 5.74) is -0.664. The molecule has 0 saturated heterocycles. The van der Waals surface area contributed by atoms with E-state index in [4.69, 9.17) is 28.3 Å². The molecule has 1 aromatic heterocycles. The van der Waals surface area contributed by atoms with Crippen molar-refractivity contribution in [3.8, 4) is 0 Å². The number of amides is 1. The number of hydrogen-bond donors (Lipinski definition) is 3. The van der Waals surface area contributed by atoms with E-state index in [9.17, 15) is 27.2 Å². The van der Waals surface area contributed by atoms with Gasteiger partial charge in [0.05, 0.1) is 15.6 Å². The van der Waals surface area contributed by atoms with Crippen LogP contribution in [0.25, 0.3) is 10.9 Å². The molecule has 2 aromatic carbocycles. The van der Waals surface area contributed by atoms with Gasteiger partial charge in [-0.15, -0.1) is 0 Å². The fraction of sp³-hybridized carbons (Fsp3) is 0.111. The summed E-state index contributed by atoms with van der Waals surface area (Å²) in [4.78, 5) is 26.1. The second kappa shape index (κ2) is 7.57. The molecule has 0 aliphatic rings. The summed E-state index contributed by atoms with van der Waals surface area (Å²) in [5.74, 6) is -3.31. The van der Waals surface area contributed by atoms with E-state index >= 15 is 0 Å². The van der Waals surface area contributed by atoms with Crippen molar-refractivity contribution in [2.24, 2.45) is 0 Å². The molecule has 0 spiro atoms. The van der Waals surface area contributed by atoms with Crippen LogP contribution in [0.3, 0.4) is 0 Å². The number of benzene rings is 2. The van der Waals surface area contributed by atoms with E-state index in [0.29, 0.717) is 0 Å². The van der Waals surface area contributed by atoms with Crippen molar-refractivity contribution in [2.45, 2.75) is 12.2 Å². The molecule has 152 valence electrons. The molecule has 3 rings (SSSR count). The van der Waals surface area contributed by atoms with Gasteiger partial charge in [-0.1, -0.05) is 29.3 Å². The van der Waals surface area contributed by atoms with Crippen molar-refractivity contribution in [2.75, 3.05) is 0 Å². The highest BCUT2D eigenvalue weighted by Gasteiger charge is 2.42. The third kappa shape index (κ3) is 4.30. The minimum absolute atomic E-state index is 0.104. The Morgan fingerprint density at radius 2 is 1.76 bits per heavy atom. The van der Waals surface area contributed by atoms with Crippen LogP contribution < -0.4 is 5.32 Å². The summed E-state index contributed by atoms with van der Waals surface area (Å²) in [6, 6.07) is 3.59. The normalized spacial score (nSPS) is 12.8. The molecule has 0 saturated carbocycles. The Morgan fingerprint density at radius 3 is 2.34 bits per heavy atom. The van der Waals surface area contributed by atoms with Gasteiger partial charge in [-0.2, -0.15) is 13.2 Å². The van der Waals surface area contributed by atoms with Crippen LogP contribution in [0.5, 0.6) is 0 Å². The molecule has 0 bridgehead atoms. The molecule has 11 heteroatoms. The van der Waals surface area contributed by atoms with E-state index in [1.807, 2.05) is 5.32 Å². The van der Waals surface area contributed by atoms with Gasteiger partial charge in [0.25, 0.3) is 5.91 Å². The number of H-pyrrole nitrogens is 1. The predicted octanol–water partition coefficient (Wildman–Crippen LogP) is 5.35. The Morgan fingerprint density at radius 1 is 1.07 bits per heavy atom. The third-order valence-corrected chi connectivity index (χ3v) is 4.67. The minimum Gasteiger partial charge on any atom is -0.478 e. The summed E-state index contributed by atoms with van der Waals surface area (Å²) in [5, 5.41) is 10.5. The number of carboxylic acids is 1. The van der Waals surface area contributed by atoms with Gasteiger partial charge in [-0.3, -0.25) is 4.79 Å². The largest absolute Gasteiger partial charge is 0.478 e. The number of rotatable bonds is 4. The quantitative estimate of drug-likeness (QED) is 0.470. The summed E-state index contributed by atoms with van der Waals surface area (Å²) in [7, 11) is 0. The van der Waals surface area contributed by atoms with Gasteiger partial charge in [-0.25, -0.2) is 9.18 Å². The van der Waals surface area contributed by atoms with E-state index in [-0.39, 0.29) is 27.2 Å². The molecule has 1 unspecified atom stereocenters. The number of halogens is 6. The number of carbonyl (C=O) groups excluding carboxylic acids is 1. The van der Waals surface area contributed by atoms with Crippen LogP contribution in [0.2, 0.25) is 10.0 Å². The Hall–Kier alpha value is -2.78. The van der Waals surface area contributed by atoms with Crippen molar-refractivity contribution >= 4 is 46.0 Å². The highest BCUT2D eigenvalue weighted by Crippen LogP contribution is 2.34. The lowest BCUT2D eigenvalue weighted by atomic mass is 10.1. The summed E-state index contributed by atoms with van der Waals surface area (Å²) in [6.07, 6.45) is -4.89. The Labute approximate surface area is 170 Å². The maximum Gasteiger partial charge on any atom is 0.412 e. The SMILES string of the molecule is O=C(NC(c1ccc(F)c(Cl)c1)C(F)(F)F)c1cc2cc(C(=O)O)c(Cl)cc2[nH]1. The zero-order valence-electron chi connectivity index (χ0n) is 14.1. The predicted molar refractivity (Wildman–Crippen MR) is 97.9 cm³/mol. The summed E-state index contributed by atoms with van der Waals surface area (Å²) < 4.78 is 53.7. The highest BCUT2D eigenvalue weighted by molar-refractivity contribution is 6.34. The molecule has 5 nitrogen and oxygen atoms in total. The Balaban J connectivity index is 1.95. The first kappa shape index (κ1) is 20.9. The van der Waals surface area contributed by atoms with Crippen LogP contribution >= 0.6 is 23.2 Å². The van der Waals surface area contributed by atoms with E-state index in [2.05, 4.69) is 4.98 Å². The monoisotopic (exact) mass is 448 g/mol. The maximum absolute atomic E-state index is 13.5. The molecule has 0 aliphatic carbocycles. The van der Waals surface area contributed by atoms with E-state index in [1.165, 1.54) is 18.2 Å². The second-order valence-electron chi connectivity index (χ2n) is 6.03. The summed E-state index contributed by atoms with van der Waals surface area (Å²) >= 11 is 11.4. The van der Waals surface area contributed by atoms with Crippen molar-refractivity contribution in [1.82, 2.24) is 10.3 Å². The molecule has 3 N–H and O–H groups in total. The zero-order chi connectivity index (χ0) is 21.5. The fourth-order valence-electron chi connectivity index (χ4n) is 2.70. The van der Waals surface area contributed by atoms with Gasteiger partial charge < -0.3 is 15.4 Å². The molecule has 1 atom stereocenters. The number of alkyl halides is 3.